The van der Waals surface area contributed by atoms with Gasteiger partial charge in [0.2, 0.25) is 11.7 Å². The first-order chi connectivity index (χ1) is 13.7. The van der Waals surface area contributed by atoms with Crippen molar-refractivity contribution in [3.8, 4) is 11.6 Å². The summed E-state index contributed by atoms with van der Waals surface area (Å²) in [4.78, 5) is 29.1. The number of aromatic nitrogens is 4. The topological polar surface area (TPSA) is 87.9 Å². The van der Waals surface area contributed by atoms with Gasteiger partial charge in [-0.25, -0.2) is 14.4 Å². The Balaban J connectivity index is 1.64. The van der Waals surface area contributed by atoms with Gasteiger partial charge < -0.3 is 14.3 Å². The highest BCUT2D eigenvalue weighted by atomic mass is 31.0. The Bertz CT molecular complexity index is 1050. The van der Waals surface area contributed by atoms with Gasteiger partial charge in [-0.3, -0.25) is 9.78 Å². The molecule has 1 aliphatic rings. The Labute approximate surface area is 163 Å². The number of hydrogen-bond donors (Lipinski definition) is 1. The molecule has 0 fully saturated rings. The van der Waals surface area contributed by atoms with Crippen LogP contribution >= 0.6 is 9.24 Å². The third kappa shape index (κ3) is 3.74. The smallest absolute Gasteiger partial charge is 0.417 e. The molecule has 0 spiro atoms. The molecule has 0 bridgehead atoms. The van der Waals surface area contributed by atoms with Crippen LogP contribution in [0.4, 0.5) is 17.6 Å². The summed E-state index contributed by atoms with van der Waals surface area (Å²) in [5.41, 5.74) is 0.391. The van der Waals surface area contributed by atoms with Gasteiger partial charge in [-0.2, -0.15) is 13.2 Å². The molecule has 152 valence electrons. The molecule has 1 aliphatic heterocycles. The third-order valence-electron chi connectivity index (χ3n) is 4.48. The zero-order valence-corrected chi connectivity index (χ0v) is 15.9. The minimum atomic E-state index is -4.54. The van der Waals surface area contributed by atoms with E-state index in [0.717, 1.165) is 23.5 Å². The first kappa shape index (κ1) is 19.5. The largest absolute Gasteiger partial charge is 0.429 e. The summed E-state index contributed by atoms with van der Waals surface area (Å²) in [5.74, 6) is -2.82. The summed E-state index contributed by atoms with van der Waals surface area (Å²) in [5, 5.41) is 0. The molecule has 7 nitrogen and oxygen atoms in total. The SMILES string of the molecule is O=C(c1oc(-c2ccc(C(F)(F)F)cn2)nc1C(F)P)N1CCc2nc[nH]c2C1. The lowest BCUT2D eigenvalue weighted by molar-refractivity contribution is -0.137. The van der Waals surface area contributed by atoms with Crippen molar-refractivity contribution in [3.05, 3.63) is 53.1 Å². The molecule has 4 heterocycles. The van der Waals surface area contributed by atoms with Crippen LogP contribution in [0.3, 0.4) is 0 Å². The second-order valence-corrected chi connectivity index (χ2v) is 6.95. The average Bonchev–Trinajstić information content (AvgIpc) is 3.33. The number of H-pyrrole nitrogens is 1. The number of amides is 1. The van der Waals surface area contributed by atoms with Crippen LogP contribution < -0.4 is 0 Å². The van der Waals surface area contributed by atoms with Gasteiger partial charge in [0.15, 0.2) is 5.91 Å². The van der Waals surface area contributed by atoms with E-state index in [1.165, 1.54) is 11.2 Å². The Morgan fingerprint density at radius 1 is 1.31 bits per heavy atom. The molecule has 4 rings (SSSR count). The van der Waals surface area contributed by atoms with E-state index >= 15 is 0 Å². The monoisotopic (exact) mass is 427 g/mol. The maximum Gasteiger partial charge on any atom is 0.417 e. The molecule has 0 radical (unpaired) electrons. The maximum absolute atomic E-state index is 14.0. The number of aromatic amines is 1. The molecular weight excluding hydrogens is 413 g/mol. The van der Waals surface area contributed by atoms with Crippen molar-refractivity contribution >= 4 is 15.1 Å². The van der Waals surface area contributed by atoms with Gasteiger partial charge in [0.25, 0.3) is 5.91 Å². The van der Waals surface area contributed by atoms with Crippen molar-refractivity contribution in [2.75, 3.05) is 6.54 Å². The van der Waals surface area contributed by atoms with E-state index in [4.69, 9.17) is 4.42 Å². The van der Waals surface area contributed by atoms with Crippen molar-refractivity contribution < 1.29 is 26.8 Å². The summed E-state index contributed by atoms with van der Waals surface area (Å²) in [6.07, 6.45) is -1.86. The third-order valence-corrected chi connectivity index (χ3v) is 4.80. The summed E-state index contributed by atoms with van der Waals surface area (Å²) >= 11 is 0. The number of carbonyl (C=O) groups is 1. The van der Waals surface area contributed by atoms with E-state index in [-0.39, 0.29) is 29.6 Å². The average molecular weight is 427 g/mol. The Morgan fingerprint density at radius 2 is 2.10 bits per heavy atom. The van der Waals surface area contributed by atoms with Crippen LogP contribution in [0.15, 0.2) is 29.1 Å². The van der Waals surface area contributed by atoms with Crippen molar-refractivity contribution in [3.63, 3.8) is 0 Å². The second-order valence-electron chi connectivity index (χ2n) is 6.37. The van der Waals surface area contributed by atoms with Crippen LogP contribution in [-0.2, 0) is 19.1 Å². The van der Waals surface area contributed by atoms with Gasteiger partial charge in [-0.05, 0) is 12.1 Å². The lowest BCUT2D eigenvalue weighted by atomic mass is 10.1. The molecule has 2 unspecified atom stereocenters. The number of nitrogens with one attached hydrogen (secondary N) is 1. The second kappa shape index (κ2) is 7.22. The van der Waals surface area contributed by atoms with E-state index in [9.17, 15) is 22.4 Å². The van der Waals surface area contributed by atoms with Crippen LogP contribution in [0.5, 0.6) is 0 Å². The van der Waals surface area contributed by atoms with E-state index in [1.807, 2.05) is 9.24 Å². The molecule has 0 aliphatic carbocycles. The number of halogens is 4. The van der Waals surface area contributed by atoms with Gasteiger partial charge in [-0.1, -0.05) is 9.24 Å². The zero-order valence-electron chi connectivity index (χ0n) is 14.7. The van der Waals surface area contributed by atoms with Gasteiger partial charge in [-0.15, -0.1) is 0 Å². The predicted octanol–water partition coefficient (Wildman–Crippen LogP) is 3.52. The number of alkyl halides is 4. The lowest BCUT2D eigenvalue weighted by Crippen LogP contribution is -2.36. The molecule has 1 amide bonds. The zero-order chi connectivity index (χ0) is 20.8. The first-order valence-corrected chi connectivity index (χ1v) is 9.15. The molecule has 0 saturated carbocycles. The normalized spacial score (nSPS) is 15.3. The van der Waals surface area contributed by atoms with Crippen molar-refractivity contribution in [1.29, 1.82) is 0 Å². The van der Waals surface area contributed by atoms with Crippen molar-refractivity contribution in [2.24, 2.45) is 0 Å². The highest BCUT2D eigenvalue weighted by molar-refractivity contribution is 7.16. The number of pyridine rings is 1. The highest BCUT2D eigenvalue weighted by Gasteiger charge is 2.33. The number of rotatable bonds is 3. The fourth-order valence-corrected chi connectivity index (χ4v) is 3.23. The number of imidazole rings is 1. The fourth-order valence-electron chi connectivity index (χ4n) is 3.00. The van der Waals surface area contributed by atoms with E-state index in [2.05, 4.69) is 19.9 Å². The molecule has 0 saturated heterocycles. The number of oxazole rings is 1. The lowest BCUT2D eigenvalue weighted by Gasteiger charge is -2.25. The molecule has 12 heteroatoms. The van der Waals surface area contributed by atoms with Crippen LogP contribution in [0, 0.1) is 0 Å². The molecule has 3 aromatic heterocycles. The summed E-state index contributed by atoms with van der Waals surface area (Å²) in [6.45, 7) is 0.606. The molecule has 0 aromatic carbocycles. The molecule has 2 atom stereocenters. The summed E-state index contributed by atoms with van der Waals surface area (Å²) in [6, 6.07) is 1.87. The molecule has 3 aromatic rings. The molecule has 1 N–H and O–H groups in total. The Hall–Kier alpha value is -2.81. The maximum atomic E-state index is 14.0. The number of carbonyl (C=O) groups excluding carboxylic acids is 1. The standard InChI is InChI=1S/C17H14F4N5O2P/c18-14(29)12-13(16(27)26-4-3-9-11(6-26)24-7-23-9)28-15(25-12)10-2-1-8(5-22-10)17(19,20)21/h1-2,5,7,14H,3-4,6,29H2,(H,23,24). The highest BCUT2D eigenvalue weighted by Crippen LogP contribution is 2.33. The summed E-state index contributed by atoms with van der Waals surface area (Å²) in [7, 11) is 1.88. The predicted molar refractivity (Wildman–Crippen MR) is 95.3 cm³/mol. The van der Waals surface area contributed by atoms with E-state index in [1.54, 1.807) is 0 Å². The van der Waals surface area contributed by atoms with Gasteiger partial charge in [0.05, 0.1) is 29.8 Å². The van der Waals surface area contributed by atoms with E-state index in [0.29, 0.717) is 19.2 Å². The first-order valence-electron chi connectivity index (χ1n) is 8.48. The number of nitrogens with zero attached hydrogens (tertiary/aromatic N) is 4. The van der Waals surface area contributed by atoms with Crippen LogP contribution in [-0.4, -0.2) is 37.3 Å². The number of fused-ring (bicyclic) bond motifs is 1. The summed E-state index contributed by atoms with van der Waals surface area (Å²) < 4.78 is 57.6. The van der Waals surface area contributed by atoms with Crippen LogP contribution in [0.2, 0.25) is 0 Å². The van der Waals surface area contributed by atoms with Crippen LogP contribution in [0.1, 0.15) is 39.1 Å². The minimum Gasteiger partial charge on any atom is -0.429 e. The van der Waals surface area contributed by atoms with Gasteiger partial charge in [0.1, 0.15) is 11.4 Å². The molecular formula is C17H14F4N5O2P. The van der Waals surface area contributed by atoms with Crippen LogP contribution in [0.25, 0.3) is 11.6 Å². The van der Waals surface area contributed by atoms with Crippen molar-refractivity contribution in [2.45, 2.75) is 25.1 Å². The van der Waals surface area contributed by atoms with E-state index < -0.39 is 23.6 Å². The Kier molecular flexibility index (Phi) is 4.85. The van der Waals surface area contributed by atoms with Crippen molar-refractivity contribution in [1.82, 2.24) is 24.8 Å². The Morgan fingerprint density at radius 3 is 2.76 bits per heavy atom. The minimum absolute atomic E-state index is 0.0431. The van der Waals surface area contributed by atoms with Gasteiger partial charge >= 0.3 is 6.18 Å². The molecule has 29 heavy (non-hydrogen) atoms. The fraction of sp³-hybridized carbons (Fsp3) is 0.294. The number of hydrogen-bond acceptors (Lipinski definition) is 5. The quantitative estimate of drug-likeness (QED) is 0.511. The van der Waals surface area contributed by atoms with Gasteiger partial charge in [0, 0.05) is 19.2 Å².